The predicted octanol–water partition coefficient (Wildman–Crippen LogP) is 0.549. The molecular formula is C11H20N4O3. The summed E-state index contributed by atoms with van der Waals surface area (Å²) in [7, 11) is 0. The van der Waals surface area contributed by atoms with Crippen LogP contribution in [0, 0.1) is 0 Å². The van der Waals surface area contributed by atoms with Crippen molar-refractivity contribution in [2.45, 2.75) is 39.2 Å². The van der Waals surface area contributed by atoms with Gasteiger partial charge in [-0.15, -0.1) is 0 Å². The molecule has 7 nitrogen and oxygen atoms in total. The Morgan fingerprint density at radius 1 is 1.39 bits per heavy atom. The van der Waals surface area contributed by atoms with Crippen LogP contribution in [0.2, 0.25) is 0 Å². The van der Waals surface area contributed by atoms with Crippen molar-refractivity contribution >= 4 is 6.03 Å². The number of aliphatic hydroxyl groups excluding tert-OH is 1. The number of amides is 2. The molecule has 0 aromatic carbocycles. The van der Waals surface area contributed by atoms with Crippen molar-refractivity contribution in [1.82, 2.24) is 20.8 Å². The van der Waals surface area contributed by atoms with Crippen LogP contribution in [0.25, 0.3) is 0 Å². The molecule has 7 heteroatoms. The Morgan fingerprint density at radius 2 is 2.11 bits per heavy atom. The normalized spacial score (nSPS) is 11.3. The van der Waals surface area contributed by atoms with Crippen LogP contribution < -0.4 is 10.6 Å². The van der Waals surface area contributed by atoms with Gasteiger partial charge in [0.25, 0.3) is 0 Å². The summed E-state index contributed by atoms with van der Waals surface area (Å²) < 4.78 is 5.09. The van der Waals surface area contributed by atoms with Crippen LogP contribution in [0.15, 0.2) is 4.52 Å². The maximum Gasteiger partial charge on any atom is 0.315 e. The lowest BCUT2D eigenvalue weighted by molar-refractivity contribution is 0.237. The van der Waals surface area contributed by atoms with Gasteiger partial charge in [0.1, 0.15) is 0 Å². The van der Waals surface area contributed by atoms with Crippen LogP contribution >= 0.6 is 0 Å². The highest BCUT2D eigenvalue weighted by molar-refractivity contribution is 5.73. The molecule has 0 radical (unpaired) electrons. The molecule has 0 spiro atoms. The van der Waals surface area contributed by atoms with Gasteiger partial charge in [-0.05, 0) is 6.42 Å². The first-order chi connectivity index (χ1) is 8.43. The molecule has 0 atom stereocenters. The Balaban J connectivity index is 2.35. The minimum atomic E-state index is -0.314. The van der Waals surface area contributed by atoms with Gasteiger partial charge < -0.3 is 20.3 Å². The Bertz CT molecular complexity index is 384. The van der Waals surface area contributed by atoms with E-state index in [0.717, 1.165) is 0 Å². The van der Waals surface area contributed by atoms with Crippen LogP contribution in [-0.2, 0) is 12.0 Å². The third-order valence-corrected chi connectivity index (χ3v) is 2.14. The third-order valence-electron chi connectivity index (χ3n) is 2.14. The molecule has 0 unspecified atom stereocenters. The Morgan fingerprint density at radius 3 is 2.67 bits per heavy atom. The summed E-state index contributed by atoms with van der Waals surface area (Å²) in [5, 5.41) is 17.5. The van der Waals surface area contributed by atoms with E-state index in [2.05, 4.69) is 20.8 Å². The Labute approximate surface area is 106 Å². The lowest BCUT2D eigenvalue weighted by Crippen LogP contribution is -2.36. The average molecular weight is 256 g/mol. The Kier molecular flexibility index (Phi) is 5.08. The standard InChI is InChI=1S/C11H20N4O3/c1-11(2,3)9-14-8(15-18-9)7-13-10(17)12-5-4-6-16/h16H,4-7H2,1-3H3,(H2,12,13,17). The molecule has 1 aromatic rings. The van der Waals surface area contributed by atoms with Crippen LogP contribution in [0.1, 0.15) is 38.9 Å². The zero-order valence-corrected chi connectivity index (χ0v) is 11.0. The number of aliphatic hydroxyl groups is 1. The van der Waals surface area contributed by atoms with Gasteiger partial charge in [0.05, 0.1) is 6.54 Å². The number of nitrogens with one attached hydrogen (secondary N) is 2. The second-order valence-corrected chi connectivity index (χ2v) is 4.95. The van der Waals surface area contributed by atoms with Crippen molar-refractivity contribution in [3.63, 3.8) is 0 Å². The molecule has 0 saturated heterocycles. The number of urea groups is 1. The van der Waals surface area contributed by atoms with Gasteiger partial charge >= 0.3 is 6.03 Å². The minimum absolute atomic E-state index is 0.0556. The van der Waals surface area contributed by atoms with E-state index in [1.807, 2.05) is 20.8 Å². The summed E-state index contributed by atoms with van der Waals surface area (Å²) in [6, 6.07) is -0.314. The number of carbonyl (C=O) groups excluding carboxylic acids is 1. The van der Waals surface area contributed by atoms with E-state index < -0.39 is 0 Å². The van der Waals surface area contributed by atoms with Gasteiger partial charge in [-0.1, -0.05) is 25.9 Å². The van der Waals surface area contributed by atoms with Gasteiger partial charge in [-0.3, -0.25) is 0 Å². The van der Waals surface area contributed by atoms with Crippen molar-refractivity contribution in [1.29, 1.82) is 0 Å². The highest BCUT2D eigenvalue weighted by Crippen LogP contribution is 2.19. The molecule has 1 heterocycles. The van der Waals surface area contributed by atoms with E-state index in [9.17, 15) is 4.79 Å². The zero-order chi connectivity index (χ0) is 13.6. The predicted molar refractivity (Wildman–Crippen MR) is 64.9 cm³/mol. The van der Waals surface area contributed by atoms with Crippen molar-refractivity contribution in [3.8, 4) is 0 Å². The highest BCUT2D eigenvalue weighted by atomic mass is 16.5. The van der Waals surface area contributed by atoms with Gasteiger partial charge in [0.15, 0.2) is 5.82 Å². The van der Waals surface area contributed by atoms with Crippen molar-refractivity contribution in [2.75, 3.05) is 13.2 Å². The fourth-order valence-corrected chi connectivity index (χ4v) is 1.13. The molecule has 0 saturated carbocycles. The maximum absolute atomic E-state index is 11.3. The summed E-state index contributed by atoms with van der Waals surface area (Å²) in [6.45, 7) is 6.62. The molecule has 1 aromatic heterocycles. The summed E-state index contributed by atoms with van der Waals surface area (Å²) in [5.74, 6) is 0.984. The van der Waals surface area contributed by atoms with E-state index in [1.54, 1.807) is 0 Å². The van der Waals surface area contributed by atoms with Crippen LogP contribution in [-0.4, -0.2) is 34.4 Å². The van der Waals surface area contributed by atoms with E-state index in [1.165, 1.54) is 0 Å². The fraction of sp³-hybridized carbons (Fsp3) is 0.727. The molecule has 1 rings (SSSR count). The topological polar surface area (TPSA) is 100 Å². The van der Waals surface area contributed by atoms with Gasteiger partial charge in [0, 0.05) is 18.6 Å². The summed E-state index contributed by atoms with van der Waals surface area (Å²) >= 11 is 0. The first-order valence-corrected chi connectivity index (χ1v) is 5.89. The molecule has 0 bridgehead atoms. The van der Waals surface area contributed by atoms with Crippen LogP contribution in [0.5, 0.6) is 0 Å². The summed E-state index contributed by atoms with van der Waals surface area (Å²) in [4.78, 5) is 15.5. The quantitative estimate of drug-likeness (QED) is 0.668. The van der Waals surface area contributed by atoms with Crippen molar-refractivity contribution < 1.29 is 14.4 Å². The lowest BCUT2D eigenvalue weighted by atomic mass is 9.97. The number of hydrogen-bond donors (Lipinski definition) is 3. The van der Waals surface area contributed by atoms with Crippen LogP contribution in [0.4, 0.5) is 4.79 Å². The number of carbonyl (C=O) groups is 1. The SMILES string of the molecule is CC(C)(C)c1nc(CNC(=O)NCCCO)no1. The van der Waals surface area contributed by atoms with Crippen molar-refractivity contribution in [3.05, 3.63) is 11.7 Å². The summed E-state index contributed by atoms with van der Waals surface area (Å²) in [6.07, 6.45) is 0.532. The molecule has 2 amide bonds. The van der Waals surface area contributed by atoms with E-state index in [4.69, 9.17) is 9.63 Å². The smallest absolute Gasteiger partial charge is 0.315 e. The second-order valence-electron chi connectivity index (χ2n) is 4.95. The largest absolute Gasteiger partial charge is 0.396 e. The highest BCUT2D eigenvalue weighted by Gasteiger charge is 2.21. The van der Waals surface area contributed by atoms with Crippen molar-refractivity contribution in [2.24, 2.45) is 0 Å². The van der Waals surface area contributed by atoms with Crippen LogP contribution in [0.3, 0.4) is 0 Å². The molecule has 0 fully saturated rings. The lowest BCUT2D eigenvalue weighted by Gasteiger charge is -2.10. The minimum Gasteiger partial charge on any atom is -0.396 e. The number of aromatic nitrogens is 2. The molecule has 0 aliphatic heterocycles. The first kappa shape index (κ1) is 14.4. The maximum atomic E-state index is 11.3. The van der Waals surface area contributed by atoms with Gasteiger partial charge in [0.2, 0.25) is 5.89 Å². The number of hydrogen-bond acceptors (Lipinski definition) is 5. The molecule has 102 valence electrons. The molecular weight excluding hydrogens is 236 g/mol. The number of rotatable bonds is 5. The molecule has 3 N–H and O–H groups in total. The molecule has 0 aliphatic carbocycles. The van der Waals surface area contributed by atoms with E-state index in [-0.39, 0.29) is 24.6 Å². The van der Waals surface area contributed by atoms with E-state index >= 15 is 0 Å². The monoisotopic (exact) mass is 256 g/mol. The van der Waals surface area contributed by atoms with E-state index in [0.29, 0.717) is 24.7 Å². The molecule has 0 aliphatic rings. The second kappa shape index (κ2) is 6.34. The van der Waals surface area contributed by atoms with Gasteiger partial charge in [-0.25, -0.2) is 4.79 Å². The third kappa shape index (κ3) is 4.70. The number of nitrogens with zero attached hydrogens (tertiary/aromatic N) is 2. The first-order valence-electron chi connectivity index (χ1n) is 5.89. The zero-order valence-electron chi connectivity index (χ0n) is 11.0. The summed E-state index contributed by atoms with van der Waals surface area (Å²) in [5.41, 5.74) is -0.200. The average Bonchev–Trinajstić information content (AvgIpc) is 2.75. The molecule has 18 heavy (non-hydrogen) atoms. The Hall–Kier alpha value is -1.63. The fourth-order valence-electron chi connectivity index (χ4n) is 1.13. The van der Waals surface area contributed by atoms with Gasteiger partial charge in [-0.2, -0.15) is 4.98 Å².